The summed E-state index contributed by atoms with van der Waals surface area (Å²) in [6, 6.07) is 15.4. The van der Waals surface area contributed by atoms with Crippen LogP contribution in [0.1, 0.15) is 40.2 Å². The van der Waals surface area contributed by atoms with Crippen LogP contribution < -0.4 is 11.1 Å². The molecule has 1 unspecified atom stereocenters. The van der Waals surface area contributed by atoms with Crippen LogP contribution in [0, 0.1) is 19.7 Å². The van der Waals surface area contributed by atoms with Gasteiger partial charge in [0.05, 0.1) is 11.6 Å². The number of nitrogens with one attached hydrogen (secondary N) is 1. The van der Waals surface area contributed by atoms with E-state index in [0.29, 0.717) is 23.5 Å². The zero-order valence-corrected chi connectivity index (χ0v) is 18.3. The number of nitrogens with zero attached hydrogens (tertiary/aromatic N) is 2. The molecular formula is C25H27FN4O2. The number of benzene rings is 2. The highest BCUT2D eigenvalue weighted by molar-refractivity contribution is 6.05. The van der Waals surface area contributed by atoms with E-state index in [-0.39, 0.29) is 23.7 Å². The topological polar surface area (TPSA) is 80.4 Å². The molecule has 1 atom stereocenters. The predicted octanol–water partition coefficient (Wildman–Crippen LogP) is 3.94. The minimum absolute atomic E-state index is 0.235. The summed E-state index contributed by atoms with van der Waals surface area (Å²) in [5.74, 6) is -0.874. The Morgan fingerprint density at radius 2 is 1.91 bits per heavy atom. The number of primary amides is 1. The molecule has 0 spiro atoms. The van der Waals surface area contributed by atoms with E-state index in [4.69, 9.17) is 5.73 Å². The molecule has 2 heterocycles. The molecule has 166 valence electrons. The SMILES string of the molecule is Cc1cc(C(=O)Nc2ccccc2CN2CCCC2C(N)=O)c(C)n1-c1cccc(F)c1. The molecule has 1 saturated heterocycles. The molecule has 1 fully saturated rings. The quantitative estimate of drug-likeness (QED) is 0.617. The van der Waals surface area contributed by atoms with Crippen molar-refractivity contribution in [2.24, 2.45) is 5.73 Å². The van der Waals surface area contributed by atoms with Gasteiger partial charge < -0.3 is 15.6 Å². The second-order valence-electron chi connectivity index (χ2n) is 8.24. The third-order valence-corrected chi connectivity index (χ3v) is 6.07. The van der Waals surface area contributed by atoms with Gasteiger partial charge in [0, 0.05) is 29.3 Å². The number of carbonyl (C=O) groups is 2. The van der Waals surface area contributed by atoms with Crippen molar-refractivity contribution in [3.8, 4) is 5.69 Å². The summed E-state index contributed by atoms with van der Waals surface area (Å²) in [5, 5.41) is 3.02. The van der Waals surface area contributed by atoms with Crippen molar-refractivity contribution in [2.45, 2.75) is 39.3 Å². The molecule has 7 heteroatoms. The van der Waals surface area contributed by atoms with Crippen molar-refractivity contribution in [1.82, 2.24) is 9.47 Å². The van der Waals surface area contributed by atoms with Crippen LogP contribution in [-0.4, -0.2) is 33.9 Å². The van der Waals surface area contributed by atoms with Gasteiger partial charge in [0.2, 0.25) is 5.91 Å². The van der Waals surface area contributed by atoms with E-state index in [0.717, 1.165) is 36.3 Å². The maximum absolute atomic E-state index is 13.7. The Kier molecular flexibility index (Phi) is 6.10. The third kappa shape index (κ3) is 4.29. The number of likely N-dealkylation sites (tertiary alicyclic amines) is 1. The Labute approximate surface area is 186 Å². The number of nitrogens with two attached hydrogens (primary N) is 1. The van der Waals surface area contributed by atoms with Crippen molar-refractivity contribution in [3.05, 3.63) is 82.9 Å². The average Bonchev–Trinajstić information content (AvgIpc) is 3.33. The standard InChI is InChI=1S/C25H27FN4O2/c1-16-13-21(17(2)30(16)20-9-5-8-19(26)14-20)25(32)28-22-10-4-3-7-18(22)15-29-12-6-11-23(29)24(27)31/h3-5,7-10,13-14,23H,6,11-12,15H2,1-2H3,(H2,27,31)(H,28,32). The highest BCUT2D eigenvalue weighted by atomic mass is 19.1. The van der Waals surface area contributed by atoms with Crippen molar-refractivity contribution in [1.29, 1.82) is 0 Å². The van der Waals surface area contributed by atoms with Crippen LogP contribution in [0.25, 0.3) is 5.69 Å². The van der Waals surface area contributed by atoms with Gasteiger partial charge in [-0.15, -0.1) is 0 Å². The molecule has 1 aliphatic heterocycles. The van der Waals surface area contributed by atoms with E-state index in [1.807, 2.05) is 54.8 Å². The number of para-hydroxylation sites is 1. The van der Waals surface area contributed by atoms with E-state index in [9.17, 15) is 14.0 Å². The predicted molar refractivity (Wildman–Crippen MR) is 122 cm³/mol. The van der Waals surface area contributed by atoms with Crippen molar-refractivity contribution < 1.29 is 14.0 Å². The van der Waals surface area contributed by atoms with Gasteiger partial charge in [-0.25, -0.2) is 4.39 Å². The number of carbonyl (C=O) groups excluding carboxylic acids is 2. The van der Waals surface area contributed by atoms with Gasteiger partial charge >= 0.3 is 0 Å². The molecule has 2 amide bonds. The summed E-state index contributed by atoms with van der Waals surface area (Å²) >= 11 is 0. The summed E-state index contributed by atoms with van der Waals surface area (Å²) in [5.41, 5.74) is 9.94. The first-order valence-corrected chi connectivity index (χ1v) is 10.7. The highest BCUT2D eigenvalue weighted by Gasteiger charge is 2.29. The lowest BCUT2D eigenvalue weighted by molar-refractivity contribution is -0.122. The number of hydrogen-bond donors (Lipinski definition) is 2. The van der Waals surface area contributed by atoms with E-state index < -0.39 is 0 Å². The number of rotatable bonds is 6. The first kappa shape index (κ1) is 21.8. The fourth-order valence-corrected chi connectivity index (χ4v) is 4.53. The van der Waals surface area contributed by atoms with Gasteiger partial charge in [0.1, 0.15) is 5.82 Å². The summed E-state index contributed by atoms with van der Waals surface area (Å²) in [6.45, 7) is 5.07. The average molecular weight is 435 g/mol. The summed E-state index contributed by atoms with van der Waals surface area (Å²) < 4.78 is 15.6. The number of anilines is 1. The Morgan fingerprint density at radius 3 is 2.66 bits per heavy atom. The number of aromatic nitrogens is 1. The molecule has 0 radical (unpaired) electrons. The van der Waals surface area contributed by atoms with Gasteiger partial charge in [0.25, 0.3) is 5.91 Å². The molecule has 2 aromatic carbocycles. The summed E-state index contributed by atoms with van der Waals surface area (Å²) in [4.78, 5) is 27.0. The minimum Gasteiger partial charge on any atom is -0.368 e. The van der Waals surface area contributed by atoms with Gasteiger partial charge in [-0.05, 0) is 69.1 Å². The van der Waals surface area contributed by atoms with Gasteiger partial charge in [0.15, 0.2) is 0 Å². The van der Waals surface area contributed by atoms with Crippen LogP contribution in [0.15, 0.2) is 54.6 Å². The first-order chi connectivity index (χ1) is 15.3. The lowest BCUT2D eigenvalue weighted by Crippen LogP contribution is -2.39. The fraction of sp³-hybridized carbons (Fsp3) is 0.280. The fourth-order valence-electron chi connectivity index (χ4n) is 4.53. The monoisotopic (exact) mass is 434 g/mol. The molecule has 3 N–H and O–H groups in total. The van der Waals surface area contributed by atoms with Crippen LogP contribution in [0.5, 0.6) is 0 Å². The molecule has 4 rings (SSSR count). The number of amides is 2. The Balaban J connectivity index is 1.58. The second-order valence-corrected chi connectivity index (χ2v) is 8.24. The van der Waals surface area contributed by atoms with Crippen molar-refractivity contribution in [2.75, 3.05) is 11.9 Å². The molecule has 0 saturated carbocycles. The molecule has 3 aromatic rings. The molecule has 1 aliphatic rings. The zero-order valence-electron chi connectivity index (χ0n) is 18.3. The smallest absolute Gasteiger partial charge is 0.257 e. The Morgan fingerprint density at radius 1 is 1.12 bits per heavy atom. The Hall–Kier alpha value is -3.45. The minimum atomic E-state index is -0.328. The van der Waals surface area contributed by atoms with Crippen LogP contribution in [0.3, 0.4) is 0 Å². The molecule has 0 bridgehead atoms. The van der Waals surface area contributed by atoms with Crippen LogP contribution in [0.2, 0.25) is 0 Å². The van der Waals surface area contributed by atoms with E-state index >= 15 is 0 Å². The van der Waals surface area contributed by atoms with Crippen molar-refractivity contribution in [3.63, 3.8) is 0 Å². The lowest BCUT2D eigenvalue weighted by Gasteiger charge is -2.23. The van der Waals surface area contributed by atoms with Crippen LogP contribution >= 0.6 is 0 Å². The molecule has 6 nitrogen and oxygen atoms in total. The largest absolute Gasteiger partial charge is 0.368 e. The first-order valence-electron chi connectivity index (χ1n) is 10.7. The van der Waals surface area contributed by atoms with Crippen LogP contribution in [0.4, 0.5) is 10.1 Å². The number of aryl methyl sites for hydroxylation is 1. The zero-order chi connectivity index (χ0) is 22.8. The van der Waals surface area contributed by atoms with Gasteiger partial charge in [-0.1, -0.05) is 24.3 Å². The maximum Gasteiger partial charge on any atom is 0.257 e. The van der Waals surface area contributed by atoms with E-state index in [1.165, 1.54) is 12.1 Å². The number of hydrogen-bond acceptors (Lipinski definition) is 3. The van der Waals surface area contributed by atoms with E-state index in [2.05, 4.69) is 10.2 Å². The van der Waals surface area contributed by atoms with Crippen LogP contribution in [-0.2, 0) is 11.3 Å². The van der Waals surface area contributed by atoms with E-state index in [1.54, 1.807) is 6.07 Å². The number of halogens is 1. The third-order valence-electron chi connectivity index (χ3n) is 6.07. The van der Waals surface area contributed by atoms with Crippen molar-refractivity contribution >= 4 is 17.5 Å². The molecule has 32 heavy (non-hydrogen) atoms. The molecular weight excluding hydrogens is 407 g/mol. The highest BCUT2D eigenvalue weighted by Crippen LogP contribution is 2.26. The second kappa shape index (κ2) is 8.96. The molecule has 0 aliphatic carbocycles. The summed E-state index contributed by atoms with van der Waals surface area (Å²) in [7, 11) is 0. The van der Waals surface area contributed by atoms with Gasteiger partial charge in [-0.3, -0.25) is 14.5 Å². The van der Waals surface area contributed by atoms with Gasteiger partial charge in [-0.2, -0.15) is 0 Å². The lowest BCUT2D eigenvalue weighted by atomic mass is 10.1. The normalized spacial score (nSPS) is 16.3. The summed E-state index contributed by atoms with van der Waals surface area (Å²) in [6.07, 6.45) is 1.68. The molecule has 1 aromatic heterocycles. The maximum atomic E-state index is 13.7. The Bertz CT molecular complexity index is 1170.